The first kappa shape index (κ1) is 8.40. The lowest BCUT2D eigenvalue weighted by Crippen LogP contribution is -2.02. The van der Waals surface area contributed by atoms with Gasteiger partial charge in [-0.05, 0) is 12.8 Å². The Morgan fingerprint density at radius 3 is 1.75 bits per heavy atom. The van der Waals surface area contributed by atoms with Gasteiger partial charge < -0.3 is 0 Å². The minimum absolute atomic E-state index is 0. The molecular formula is C6H11IO. The third-order valence-corrected chi connectivity index (χ3v) is 1.41. The van der Waals surface area contributed by atoms with Crippen LogP contribution in [0.4, 0.5) is 0 Å². The number of ketones is 1. The van der Waals surface area contributed by atoms with Crippen molar-refractivity contribution in [1.82, 2.24) is 0 Å². The number of halogens is 1. The molecule has 1 aliphatic rings. The molecule has 0 aromatic heterocycles. The van der Waals surface area contributed by atoms with Crippen molar-refractivity contribution in [2.75, 3.05) is 0 Å². The summed E-state index contributed by atoms with van der Waals surface area (Å²) in [6, 6.07) is 0. The van der Waals surface area contributed by atoms with Gasteiger partial charge in [-0.3, -0.25) is 4.79 Å². The summed E-state index contributed by atoms with van der Waals surface area (Å²) in [4.78, 5) is 10.5. The third kappa shape index (κ3) is 2.64. The zero-order valence-electron chi connectivity index (χ0n) is 4.85. The molecule has 0 heterocycles. The molecule has 0 radical (unpaired) electrons. The van der Waals surface area contributed by atoms with Crippen LogP contribution in [0.25, 0.3) is 0 Å². The molecule has 1 saturated carbocycles. The molecule has 2 heteroatoms. The van der Waals surface area contributed by atoms with Crippen LogP contribution in [0, 0.1) is 0 Å². The molecule has 0 N–H and O–H groups in total. The van der Waals surface area contributed by atoms with Crippen molar-refractivity contribution in [2.45, 2.75) is 32.1 Å². The van der Waals surface area contributed by atoms with Crippen molar-refractivity contribution >= 4 is 29.8 Å². The summed E-state index contributed by atoms with van der Waals surface area (Å²) in [6.45, 7) is 0. The Balaban J connectivity index is 0.000000490. The van der Waals surface area contributed by atoms with E-state index in [9.17, 15) is 4.79 Å². The molecule has 0 atom stereocenters. The van der Waals surface area contributed by atoms with Gasteiger partial charge >= 0.3 is 0 Å². The Morgan fingerprint density at radius 1 is 1.00 bits per heavy atom. The summed E-state index contributed by atoms with van der Waals surface area (Å²) < 4.78 is 0. The van der Waals surface area contributed by atoms with E-state index in [0.717, 1.165) is 25.7 Å². The molecule has 0 unspecified atom stereocenters. The highest BCUT2D eigenvalue weighted by atomic mass is 127. The standard InChI is InChI=1S/C6H10O.HI/c7-6-4-2-1-3-5-6;/h1-5H2;1H. The van der Waals surface area contributed by atoms with Crippen molar-refractivity contribution in [3.05, 3.63) is 0 Å². The summed E-state index contributed by atoms with van der Waals surface area (Å²) >= 11 is 0. The lowest BCUT2D eigenvalue weighted by Gasteiger charge is -2.05. The Morgan fingerprint density at radius 2 is 1.50 bits per heavy atom. The highest BCUT2D eigenvalue weighted by Gasteiger charge is 2.05. The third-order valence-electron chi connectivity index (χ3n) is 1.41. The van der Waals surface area contributed by atoms with E-state index in [4.69, 9.17) is 0 Å². The lowest BCUT2D eigenvalue weighted by molar-refractivity contribution is -0.120. The van der Waals surface area contributed by atoms with Crippen LogP contribution >= 0.6 is 24.0 Å². The van der Waals surface area contributed by atoms with Crippen LogP contribution in [0.3, 0.4) is 0 Å². The van der Waals surface area contributed by atoms with Crippen LogP contribution in [-0.4, -0.2) is 5.78 Å². The van der Waals surface area contributed by atoms with Crippen molar-refractivity contribution in [3.63, 3.8) is 0 Å². The molecule has 48 valence electrons. The van der Waals surface area contributed by atoms with Crippen molar-refractivity contribution in [1.29, 1.82) is 0 Å². The maximum Gasteiger partial charge on any atom is 0.132 e. The summed E-state index contributed by atoms with van der Waals surface area (Å²) in [5, 5.41) is 0. The van der Waals surface area contributed by atoms with Gasteiger partial charge in [0.1, 0.15) is 5.78 Å². The van der Waals surface area contributed by atoms with Crippen molar-refractivity contribution in [3.8, 4) is 0 Å². The van der Waals surface area contributed by atoms with Gasteiger partial charge in [-0.1, -0.05) is 6.42 Å². The SMILES string of the molecule is I.O=C1CCCCC1. The Kier molecular flexibility index (Phi) is 4.51. The van der Waals surface area contributed by atoms with E-state index in [0.29, 0.717) is 5.78 Å². The molecule has 0 bridgehead atoms. The highest BCUT2D eigenvalue weighted by Crippen LogP contribution is 2.12. The largest absolute Gasteiger partial charge is 0.300 e. The van der Waals surface area contributed by atoms with Crippen LogP contribution in [0.2, 0.25) is 0 Å². The number of rotatable bonds is 0. The quantitative estimate of drug-likeness (QED) is 0.578. The van der Waals surface area contributed by atoms with Gasteiger partial charge in [0.2, 0.25) is 0 Å². The number of hydrogen-bond acceptors (Lipinski definition) is 1. The number of carbonyl (C=O) groups excluding carboxylic acids is 1. The summed E-state index contributed by atoms with van der Waals surface area (Å²) in [7, 11) is 0. The zero-order chi connectivity index (χ0) is 5.11. The van der Waals surface area contributed by atoms with E-state index in [2.05, 4.69) is 0 Å². The number of carbonyl (C=O) groups is 1. The highest BCUT2D eigenvalue weighted by molar-refractivity contribution is 14.0. The van der Waals surface area contributed by atoms with E-state index in [1.807, 2.05) is 0 Å². The van der Waals surface area contributed by atoms with E-state index >= 15 is 0 Å². The number of Topliss-reactive ketones (excluding diaryl/α,β-unsaturated/α-hetero) is 1. The second kappa shape index (κ2) is 4.30. The average Bonchev–Trinajstić information content (AvgIpc) is 1.69. The molecule has 8 heavy (non-hydrogen) atoms. The molecule has 1 aliphatic carbocycles. The lowest BCUT2D eigenvalue weighted by atomic mass is 10.00. The van der Waals surface area contributed by atoms with Crippen LogP contribution in [0.5, 0.6) is 0 Å². The summed E-state index contributed by atoms with van der Waals surface area (Å²) in [5.74, 6) is 0.464. The molecule has 0 aliphatic heterocycles. The van der Waals surface area contributed by atoms with Gasteiger partial charge in [-0.2, -0.15) is 0 Å². The molecule has 1 nitrogen and oxygen atoms in total. The van der Waals surface area contributed by atoms with Gasteiger partial charge in [0.15, 0.2) is 0 Å². The fourth-order valence-electron chi connectivity index (χ4n) is 0.946. The normalized spacial score (nSPS) is 19.8. The fourth-order valence-corrected chi connectivity index (χ4v) is 0.946. The predicted molar refractivity (Wildman–Crippen MR) is 43.5 cm³/mol. The molecule has 0 spiro atoms. The van der Waals surface area contributed by atoms with E-state index in [1.54, 1.807) is 0 Å². The smallest absolute Gasteiger partial charge is 0.132 e. The van der Waals surface area contributed by atoms with E-state index in [1.165, 1.54) is 6.42 Å². The van der Waals surface area contributed by atoms with Crippen LogP contribution in [0.15, 0.2) is 0 Å². The monoisotopic (exact) mass is 226 g/mol. The van der Waals surface area contributed by atoms with Crippen LogP contribution in [0.1, 0.15) is 32.1 Å². The van der Waals surface area contributed by atoms with Crippen molar-refractivity contribution in [2.24, 2.45) is 0 Å². The first-order valence-corrected chi connectivity index (χ1v) is 2.91. The van der Waals surface area contributed by atoms with Crippen molar-refractivity contribution < 1.29 is 4.79 Å². The van der Waals surface area contributed by atoms with Crippen LogP contribution in [-0.2, 0) is 4.79 Å². The second-order valence-corrected chi connectivity index (χ2v) is 2.10. The minimum Gasteiger partial charge on any atom is -0.300 e. The Bertz CT molecular complexity index is 72.6. The number of hydrogen-bond donors (Lipinski definition) is 0. The predicted octanol–water partition coefficient (Wildman–Crippen LogP) is 2.14. The Labute approximate surface area is 66.9 Å². The average molecular weight is 226 g/mol. The summed E-state index contributed by atoms with van der Waals surface area (Å²) in [5.41, 5.74) is 0. The maximum absolute atomic E-state index is 10.5. The van der Waals surface area contributed by atoms with E-state index in [-0.39, 0.29) is 24.0 Å². The van der Waals surface area contributed by atoms with Gasteiger partial charge in [0, 0.05) is 12.8 Å². The Hall–Kier alpha value is 0.400. The van der Waals surface area contributed by atoms with E-state index < -0.39 is 0 Å². The van der Waals surface area contributed by atoms with Gasteiger partial charge in [0.05, 0.1) is 0 Å². The second-order valence-electron chi connectivity index (χ2n) is 2.10. The van der Waals surface area contributed by atoms with Gasteiger partial charge in [0.25, 0.3) is 0 Å². The van der Waals surface area contributed by atoms with Gasteiger partial charge in [-0.25, -0.2) is 0 Å². The topological polar surface area (TPSA) is 17.1 Å². The van der Waals surface area contributed by atoms with Crippen LogP contribution < -0.4 is 0 Å². The first-order chi connectivity index (χ1) is 3.39. The molecular weight excluding hydrogens is 215 g/mol. The minimum atomic E-state index is 0. The molecule has 0 amide bonds. The maximum atomic E-state index is 10.5. The zero-order valence-corrected chi connectivity index (χ0v) is 7.18. The molecule has 0 aromatic rings. The molecule has 0 aromatic carbocycles. The van der Waals surface area contributed by atoms with Gasteiger partial charge in [-0.15, -0.1) is 24.0 Å². The molecule has 1 rings (SSSR count). The molecule has 0 saturated heterocycles. The first-order valence-electron chi connectivity index (χ1n) is 2.91. The fraction of sp³-hybridized carbons (Fsp3) is 0.833. The molecule has 1 fully saturated rings. The summed E-state index contributed by atoms with van der Waals surface area (Å²) in [6.07, 6.45) is 5.24.